The van der Waals surface area contributed by atoms with Gasteiger partial charge in [0, 0.05) is 0 Å². The lowest BCUT2D eigenvalue weighted by Crippen LogP contribution is -2.35. The molecule has 2 aromatic carbocycles. The van der Waals surface area contributed by atoms with Gasteiger partial charge in [-0.3, -0.25) is 4.90 Å². The summed E-state index contributed by atoms with van der Waals surface area (Å²) in [5.74, 6) is 0. The van der Waals surface area contributed by atoms with Gasteiger partial charge in [0.2, 0.25) is 0 Å². The zero-order valence-corrected chi connectivity index (χ0v) is 14.1. The van der Waals surface area contributed by atoms with Gasteiger partial charge in [0.25, 0.3) is 0 Å². The molecule has 22 heavy (non-hydrogen) atoms. The Kier molecular flexibility index (Phi) is 4.63. The molecule has 1 aliphatic rings. The van der Waals surface area contributed by atoms with E-state index in [4.69, 9.17) is 0 Å². The molecule has 0 N–H and O–H groups in total. The van der Waals surface area contributed by atoms with Crippen molar-refractivity contribution in [2.45, 2.75) is 46.1 Å². The number of nitrogens with zero attached hydrogens (tertiary/aromatic N) is 1. The van der Waals surface area contributed by atoms with Crippen LogP contribution in [0.3, 0.4) is 0 Å². The molecule has 1 heteroatoms. The average Bonchev–Trinajstić information content (AvgIpc) is 2.53. The van der Waals surface area contributed by atoms with E-state index in [0.29, 0.717) is 6.04 Å². The second-order valence-corrected chi connectivity index (χ2v) is 6.72. The SMILES string of the molecule is Cc1ccc(C(c2c(C)cccc2C)N2CCCCC2)cc1. The van der Waals surface area contributed by atoms with Gasteiger partial charge in [-0.05, 0) is 69.0 Å². The monoisotopic (exact) mass is 293 g/mol. The van der Waals surface area contributed by atoms with Crippen molar-refractivity contribution in [1.29, 1.82) is 0 Å². The number of hydrogen-bond donors (Lipinski definition) is 0. The van der Waals surface area contributed by atoms with Crippen molar-refractivity contribution < 1.29 is 0 Å². The van der Waals surface area contributed by atoms with Gasteiger partial charge >= 0.3 is 0 Å². The fourth-order valence-electron chi connectivity index (χ4n) is 3.74. The Morgan fingerprint density at radius 2 is 1.36 bits per heavy atom. The molecule has 1 atom stereocenters. The maximum Gasteiger partial charge on any atom is 0.0607 e. The van der Waals surface area contributed by atoms with Gasteiger partial charge in [-0.2, -0.15) is 0 Å². The standard InChI is InChI=1S/C21H27N/c1-16-10-12-19(13-11-16)21(22-14-5-4-6-15-22)20-17(2)8-7-9-18(20)3/h7-13,21H,4-6,14-15H2,1-3H3. The number of likely N-dealkylation sites (tertiary alicyclic amines) is 1. The van der Waals surface area contributed by atoms with Crippen LogP contribution in [0.1, 0.15) is 53.1 Å². The highest BCUT2D eigenvalue weighted by Crippen LogP contribution is 2.34. The number of rotatable bonds is 3. The van der Waals surface area contributed by atoms with Crippen molar-refractivity contribution in [1.82, 2.24) is 4.90 Å². The van der Waals surface area contributed by atoms with E-state index in [2.05, 4.69) is 68.1 Å². The first-order valence-electron chi connectivity index (χ1n) is 8.53. The number of piperidine rings is 1. The lowest BCUT2D eigenvalue weighted by atomic mass is 9.88. The van der Waals surface area contributed by atoms with Gasteiger partial charge in [-0.25, -0.2) is 0 Å². The highest BCUT2D eigenvalue weighted by atomic mass is 15.2. The van der Waals surface area contributed by atoms with Crippen molar-refractivity contribution in [2.75, 3.05) is 13.1 Å². The van der Waals surface area contributed by atoms with Gasteiger partial charge in [0.05, 0.1) is 6.04 Å². The van der Waals surface area contributed by atoms with Gasteiger partial charge < -0.3 is 0 Å². The van der Waals surface area contributed by atoms with E-state index >= 15 is 0 Å². The summed E-state index contributed by atoms with van der Waals surface area (Å²) >= 11 is 0. The predicted molar refractivity (Wildman–Crippen MR) is 94.4 cm³/mol. The third-order valence-electron chi connectivity index (χ3n) is 4.96. The second kappa shape index (κ2) is 6.66. The van der Waals surface area contributed by atoms with Crippen LogP contribution in [0.2, 0.25) is 0 Å². The molecule has 0 aromatic heterocycles. The highest BCUT2D eigenvalue weighted by molar-refractivity contribution is 5.42. The van der Waals surface area contributed by atoms with E-state index in [1.165, 1.54) is 60.2 Å². The zero-order chi connectivity index (χ0) is 15.5. The Bertz CT molecular complexity index is 601. The Hall–Kier alpha value is -1.60. The Morgan fingerprint density at radius 3 is 1.95 bits per heavy atom. The maximum absolute atomic E-state index is 2.68. The summed E-state index contributed by atoms with van der Waals surface area (Å²) in [7, 11) is 0. The Balaban J connectivity index is 2.07. The molecule has 1 heterocycles. The first-order chi connectivity index (χ1) is 10.7. The molecule has 1 nitrogen and oxygen atoms in total. The van der Waals surface area contributed by atoms with E-state index in [1.807, 2.05) is 0 Å². The number of aryl methyl sites for hydroxylation is 3. The van der Waals surface area contributed by atoms with Crippen molar-refractivity contribution in [3.05, 3.63) is 70.3 Å². The van der Waals surface area contributed by atoms with E-state index in [0.717, 1.165) is 0 Å². The van der Waals surface area contributed by atoms with Gasteiger partial charge in [0.1, 0.15) is 0 Å². The minimum absolute atomic E-state index is 0.405. The van der Waals surface area contributed by atoms with Crippen LogP contribution in [-0.2, 0) is 0 Å². The topological polar surface area (TPSA) is 3.24 Å². The summed E-state index contributed by atoms with van der Waals surface area (Å²) in [6.07, 6.45) is 4.03. The van der Waals surface area contributed by atoms with Crippen LogP contribution in [0.4, 0.5) is 0 Å². The van der Waals surface area contributed by atoms with E-state index in [-0.39, 0.29) is 0 Å². The molecule has 1 fully saturated rings. The third kappa shape index (κ3) is 3.10. The van der Waals surface area contributed by atoms with Crippen LogP contribution in [-0.4, -0.2) is 18.0 Å². The summed E-state index contributed by atoms with van der Waals surface area (Å²) in [4.78, 5) is 2.68. The first kappa shape index (κ1) is 15.3. The molecule has 2 aromatic rings. The molecular formula is C21H27N. The molecule has 0 amide bonds. The lowest BCUT2D eigenvalue weighted by molar-refractivity contribution is 0.186. The molecule has 0 saturated carbocycles. The van der Waals surface area contributed by atoms with Crippen LogP contribution in [0, 0.1) is 20.8 Å². The predicted octanol–water partition coefficient (Wildman–Crippen LogP) is 5.19. The minimum Gasteiger partial charge on any atom is -0.292 e. The summed E-state index contributed by atoms with van der Waals surface area (Å²) in [5, 5.41) is 0. The quantitative estimate of drug-likeness (QED) is 0.753. The fourth-order valence-corrected chi connectivity index (χ4v) is 3.74. The van der Waals surface area contributed by atoms with Gasteiger partial charge in [0.15, 0.2) is 0 Å². The smallest absolute Gasteiger partial charge is 0.0607 e. The first-order valence-corrected chi connectivity index (χ1v) is 8.53. The zero-order valence-electron chi connectivity index (χ0n) is 14.1. The molecule has 0 aliphatic carbocycles. The molecule has 1 saturated heterocycles. The Labute approximate surface area is 135 Å². The third-order valence-corrected chi connectivity index (χ3v) is 4.96. The molecule has 1 unspecified atom stereocenters. The summed E-state index contributed by atoms with van der Waals surface area (Å²) in [6, 6.07) is 16.2. The van der Waals surface area contributed by atoms with E-state index in [9.17, 15) is 0 Å². The van der Waals surface area contributed by atoms with Crippen molar-refractivity contribution in [2.24, 2.45) is 0 Å². The molecule has 0 radical (unpaired) electrons. The van der Waals surface area contributed by atoms with Crippen molar-refractivity contribution >= 4 is 0 Å². The Morgan fingerprint density at radius 1 is 0.773 bits per heavy atom. The van der Waals surface area contributed by atoms with Crippen LogP contribution in [0.25, 0.3) is 0 Å². The van der Waals surface area contributed by atoms with Crippen LogP contribution < -0.4 is 0 Å². The fraction of sp³-hybridized carbons (Fsp3) is 0.429. The molecule has 0 bridgehead atoms. The summed E-state index contributed by atoms with van der Waals surface area (Å²) < 4.78 is 0. The summed E-state index contributed by atoms with van der Waals surface area (Å²) in [6.45, 7) is 9.11. The largest absolute Gasteiger partial charge is 0.292 e. The van der Waals surface area contributed by atoms with Crippen LogP contribution in [0.5, 0.6) is 0 Å². The van der Waals surface area contributed by atoms with Crippen molar-refractivity contribution in [3.8, 4) is 0 Å². The van der Waals surface area contributed by atoms with Crippen molar-refractivity contribution in [3.63, 3.8) is 0 Å². The molecular weight excluding hydrogens is 266 g/mol. The number of benzene rings is 2. The van der Waals surface area contributed by atoms with E-state index < -0.39 is 0 Å². The normalized spacial score (nSPS) is 17.4. The minimum atomic E-state index is 0.405. The van der Waals surface area contributed by atoms with Gasteiger partial charge in [-0.1, -0.05) is 54.4 Å². The molecule has 3 rings (SSSR count). The molecule has 1 aliphatic heterocycles. The van der Waals surface area contributed by atoms with Gasteiger partial charge in [-0.15, -0.1) is 0 Å². The summed E-state index contributed by atoms with van der Waals surface area (Å²) in [5.41, 5.74) is 7.10. The molecule has 0 spiro atoms. The van der Waals surface area contributed by atoms with Crippen LogP contribution in [0.15, 0.2) is 42.5 Å². The lowest BCUT2D eigenvalue weighted by Gasteiger charge is -2.36. The van der Waals surface area contributed by atoms with E-state index in [1.54, 1.807) is 0 Å². The second-order valence-electron chi connectivity index (χ2n) is 6.72. The van der Waals surface area contributed by atoms with Crippen LogP contribution >= 0.6 is 0 Å². The number of hydrogen-bond acceptors (Lipinski definition) is 1. The average molecular weight is 293 g/mol. The highest BCUT2D eigenvalue weighted by Gasteiger charge is 2.26. The maximum atomic E-state index is 2.68. The molecule has 116 valence electrons.